The third-order valence-corrected chi connectivity index (χ3v) is 3.10. The number of rotatable bonds is 7. The molecule has 0 fully saturated rings. The average molecular weight is 301 g/mol. The lowest BCUT2D eigenvalue weighted by Crippen LogP contribution is -2.34. The molecular weight excluding hydrogens is 276 g/mol. The van der Waals surface area contributed by atoms with Crippen LogP contribution in [0.3, 0.4) is 0 Å². The molecule has 0 bridgehead atoms. The molecule has 2 atom stereocenters. The smallest absolute Gasteiger partial charge is 0.228 e. The van der Waals surface area contributed by atoms with Crippen LogP contribution in [0.2, 0.25) is 0 Å². The first-order chi connectivity index (χ1) is 9.06. The maximum absolute atomic E-state index is 12.0. The maximum Gasteiger partial charge on any atom is 0.228 e. The molecule has 1 aromatic carbocycles. The number of carbonyl (C=O) groups excluding carboxylic acids is 1. The summed E-state index contributed by atoms with van der Waals surface area (Å²) in [5.41, 5.74) is 6.44. The predicted octanol–water partition coefficient (Wildman–Crippen LogP) is 3.21. The van der Waals surface area contributed by atoms with Crippen LogP contribution in [0.15, 0.2) is 24.3 Å². The summed E-state index contributed by atoms with van der Waals surface area (Å²) in [7, 11) is 0. The minimum Gasteiger partial charge on any atom is -0.491 e. The van der Waals surface area contributed by atoms with E-state index in [0.717, 1.165) is 12.8 Å². The first-order valence-electron chi connectivity index (χ1n) is 6.84. The van der Waals surface area contributed by atoms with Gasteiger partial charge in [0.1, 0.15) is 5.75 Å². The molecule has 20 heavy (non-hydrogen) atoms. The lowest BCUT2D eigenvalue weighted by Gasteiger charge is -2.17. The zero-order valence-electron chi connectivity index (χ0n) is 12.4. The van der Waals surface area contributed by atoms with Crippen molar-refractivity contribution >= 4 is 24.0 Å². The highest BCUT2D eigenvalue weighted by atomic mass is 35.5. The average Bonchev–Trinajstić information content (AvgIpc) is 2.39. The Morgan fingerprint density at radius 3 is 2.60 bits per heavy atom. The Morgan fingerprint density at radius 1 is 1.35 bits per heavy atom. The van der Waals surface area contributed by atoms with E-state index in [9.17, 15) is 4.79 Å². The van der Waals surface area contributed by atoms with Crippen LogP contribution in [0.25, 0.3) is 0 Å². The molecule has 0 radical (unpaired) electrons. The van der Waals surface area contributed by atoms with Gasteiger partial charge in [-0.15, -0.1) is 12.4 Å². The van der Waals surface area contributed by atoms with Crippen molar-refractivity contribution in [1.29, 1.82) is 0 Å². The number of hydrogen-bond acceptors (Lipinski definition) is 3. The topological polar surface area (TPSA) is 64.3 Å². The number of halogens is 1. The van der Waals surface area contributed by atoms with Gasteiger partial charge >= 0.3 is 0 Å². The van der Waals surface area contributed by atoms with Gasteiger partial charge in [0.15, 0.2) is 0 Å². The van der Waals surface area contributed by atoms with Crippen LogP contribution in [0.1, 0.15) is 33.6 Å². The van der Waals surface area contributed by atoms with Crippen molar-refractivity contribution in [3.63, 3.8) is 0 Å². The minimum absolute atomic E-state index is 0. The third-order valence-electron chi connectivity index (χ3n) is 3.10. The Hall–Kier alpha value is -1.26. The monoisotopic (exact) mass is 300 g/mol. The van der Waals surface area contributed by atoms with Crippen molar-refractivity contribution in [1.82, 2.24) is 0 Å². The molecule has 3 N–H and O–H groups in total. The fraction of sp³-hybridized carbons (Fsp3) is 0.533. The zero-order chi connectivity index (χ0) is 14.3. The quantitative estimate of drug-likeness (QED) is 0.760. The summed E-state index contributed by atoms with van der Waals surface area (Å²) in [6.07, 6.45) is 2.08. The summed E-state index contributed by atoms with van der Waals surface area (Å²) in [5.74, 6) is 0.395. The number of ether oxygens (including phenoxy) is 1. The maximum atomic E-state index is 12.0. The van der Waals surface area contributed by atoms with Gasteiger partial charge < -0.3 is 15.8 Å². The predicted molar refractivity (Wildman–Crippen MR) is 85.5 cm³/mol. The zero-order valence-corrected chi connectivity index (χ0v) is 13.2. The highest BCUT2D eigenvalue weighted by molar-refractivity contribution is 5.94. The molecule has 0 aromatic heterocycles. The van der Waals surface area contributed by atoms with Crippen LogP contribution in [-0.4, -0.2) is 18.6 Å². The molecule has 2 unspecified atom stereocenters. The van der Waals surface area contributed by atoms with Gasteiger partial charge in [-0.05, 0) is 25.5 Å². The van der Waals surface area contributed by atoms with Crippen molar-refractivity contribution < 1.29 is 9.53 Å². The summed E-state index contributed by atoms with van der Waals surface area (Å²) in [4.78, 5) is 12.0. The normalized spacial score (nSPS) is 13.0. The first kappa shape index (κ1) is 18.7. The number of unbranched alkanes of at least 4 members (excludes halogenated alkanes) is 1. The van der Waals surface area contributed by atoms with Crippen molar-refractivity contribution in [2.45, 2.75) is 39.7 Å². The lowest BCUT2D eigenvalue weighted by atomic mass is 10.0. The van der Waals surface area contributed by atoms with E-state index in [1.807, 2.05) is 38.1 Å². The van der Waals surface area contributed by atoms with Gasteiger partial charge in [0.25, 0.3) is 0 Å². The Bertz CT molecular complexity index is 411. The second-order valence-corrected chi connectivity index (χ2v) is 4.84. The molecule has 0 aliphatic heterocycles. The number of benzene rings is 1. The van der Waals surface area contributed by atoms with Gasteiger partial charge in [-0.3, -0.25) is 4.79 Å². The molecule has 1 rings (SSSR count). The molecule has 4 nitrogen and oxygen atoms in total. The number of nitrogens with one attached hydrogen (secondary N) is 1. The van der Waals surface area contributed by atoms with E-state index in [1.165, 1.54) is 0 Å². The van der Waals surface area contributed by atoms with E-state index < -0.39 is 0 Å². The van der Waals surface area contributed by atoms with Crippen LogP contribution in [-0.2, 0) is 4.79 Å². The number of para-hydroxylation sites is 2. The van der Waals surface area contributed by atoms with E-state index in [-0.39, 0.29) is 30.3 Å². The second-order valence-electron chi connectivity index (χ2n) is 4.84. The molecule has 5 heteroatoms. The molecule has 0 aliphatic rings. The first-order valence-corrected chi connectivity index (χ1v) is 6.84. The molecule has 114 valence electrons. The fourth-order valence-electron chi connectivity index (χ4n) is 1.51. The summed E-state index contributed by atoms with van der Waals surface area (Å²) >= 11 is 0. The molecule has 0 saturated carbocycles. The number of hydrogen-bond donors (Lipinski definition) is 2. The van der Waals surface area contributed by atoms with Gasteiger partial charge in [0.05, 0.1) is 18.2 Å². The Labute approximate surface area is 127 Å². The summed E-state index contributed by atoms with van der Waals surface area (Å²) in [6.45, 7) is 6.42. The van der Waals surface area contributed by atoms with E-state index in [0.29, 0.717) is 18.0 Å². The molecule has 0 heterocycles. The third kappa shape index (κ3) is 5.80. The highest BCUT2D eigenvalue weighted by Gasteiger charge is 2.18. The standard InChI is InChI=1S/C15H24N2O2.ClH/c1-4-5-10-19-14-9-7-6-8-13(14)17-15(18)11(2)12(3)16;/h6-9,11-12H,4-5,10,16H2,1-3H3,(H,17,18);1H. The molecule has 1 amide bonds. The minimum atomic E-state index is -0.233. The van der Waals surface area contributed by atoms with Crippen LogP contribution in [0, 0.1) is 5.92 Å². The number of amides is 1. The van der Waals surface area contributed by atoms with Crippen LogP contribution in [0.5, 0.6) is 5.75 Å². The molecular formula is C15H25ClN2O2. The highest BCUT2D eigenvalue weighted by Crippen LogP contribution is 2.24. The number of nitrogens with two attached hydrogens (primary N) is 1. The molecule has 0 aliphatic carbocycles. The Morgan fingerprint density at radius 2 is 2.00 bits per heavy atom. The van der Waals surface area contributed by atoms with Gasteiger partial charge in [-0.2, -0.15) is 0 Å². The van der Waals surface area contributed by atoms with E-state index in [4.69, 9.17) is 10.5 Å². The molecule has 0 saturated heterocycles. The fourth-order valence-corrected chi connectivity index (χ4v) is 1.51. The number of anilines is 1. The molecule has 1 aromatic rings. The summed E-state index contributed by atoms with van der Waals surface area (Å²) in [5, 5.41) is 2.87. The van der Waals surface area contributed by atoms with Crippen molar-refractivity contribution in [2.75, 3.05) is 11.9 Å². The lowest BCUT2D eigenvalue weighted by molar-refractivity contribution is -0.119. The number of carbonyl (C=O) groups is 1. The van der Waals surface area contributed by atoms with Crippen molar-refractivity contribution in [3.8, 4) is 5.75 Å². The van der Waals surface area contributed by atoms with E-state index in [2.05, 4.69) is 12.2 Å². The Balaban J connectivity index is 0.00000361. The summed E-state index contributed by atoms with van der Waals surface area (Å²) in [6, 6.07) is 7.30. The van der Waals surface area contributed by atoms with Crippen LogP contribution >= 0.6 is 12.4 Å². The van der Waals surface area contributed by atoms with E-state index in [1.54, 1.807) is 0 Å². The van der Waals surface area contributed by atoms with Gasteiger partial charge in [0.2, 0.25) is 5.91 Å². The largest absolute Gasteiger partial charge is 0.491 e. The second kappa shape index (κ2) is 9.61. The summed E-state index contributed by atoms with van der Waals surface area (Å²) < 4.78 is 5.67. The van der Waals surface area contributed by atoms with Gasteiger partial charge in [-0.1, -0.05) is 32.4 Å². The van der Waals surface area contributed by atoms with Crippen molar-refractivity contribution in [3.05, 3.63) is 24.3 Å². The van der Waals surface area contributed by atoms with E-state index >= 15 is 0 Å². The van der Waals surface area contributed by atoms with Crippen LogP contribution in [0.4, 0.5) is 5.69 Å². The molecule has 0 spiro atoms. The van der Waals surface area contributed by atoms with Gasteiger partial charge in [-0.25, -0.2) is 0 Å². The Kier molecular flexibility index (Phi) is 9.01. The van der Waals surface area contributed by atoms with Crippen LogP contribution < -0.4 is 15.8 Å². The van der Waals surface area contributed by atoms with Gasteiger partial charge in [0, 0.05) is 6.04 Å². The SMILES string of the molecule is CCCCOc1ccccc1NC(=O)C(C)C(C)N.Cl. The van der Waals surface area contributed by atoms with Crippen molar-refractivity contribution in [2.24, 2.45) is 11.7 Å².